The van der Waals surface area contributed by atoms with Crippen molar-refractivity contribution in [1.29, 1.82) is 0 Å². The Bertz CT molecular complexity index is 410. The summed E-state index contributed by atoms with van der Waals surface area (Å²) in [5.41, 5.74) is 0. The number of nitrogens with zero attached hydrogens (tertiary/aromatic N) is 2. The van der Waals surface area contributed by atoms with Gasteiger partial charge in [0.2, 0.25) is 0 Å². The number of thioether (sulfide) groups is 1. The number of carbonyl (C=O) groups excluding carboxylic acids is 1. The van der Waals surface area contributed by atoms with Crippen molar-refractivity contribution in [1.82, 2.24) is 10.2 Å². The molecule has 5 nitrogen and oxygen atoms in total. The average molecular weight is 210 g/mol. The first kappa shape index (κ1) is 9.01. The van der Waals surface area contributed by atoms with Crippen molar-refractivity contribution >= 4 is 18.0 Å². The van der Waals surface area contributed by atoms with E-state index in [1.807, 2.05) is 0 Å². The molecule has 0 N–H and O–H groups in total. The normalized spacial score (nSPS) is 10.3. The summed E-state index contributed by atoms with van der Waals surface area (Å²) in [6.07, 6.45) is 2.30. The molecular formula is C8H6N2O3S. The Morgan fingerprint density at radius 2 is 2.43 bits per heavy atom. The summed E-state index contributed by atoms with van der Waals surface area (Å²) in [7, 11) is 0. The van der Waals surface area contributed by atoms with E-state index in [4.69, 9.17) is 8.83 Å². The van der Waals surface area contributed by atoms with E-state index in [9.17, 15) is 4.79 Å². The van der Waals surface area contributed by atoms with Gasteiger partial charge < -0.3 is 13.6 Å². The fourth-order valence-corrected chi connectivity index (χ4v) is 1.32. The number of rotatable bonds is 4. The number of hydrogen-bond donors (Lipinski definition) is 0. The van der Waals surface area contributed by atoms with Crippen LogP contribution in [0.4, 0.5) is 0 Å². The largest absolute Gasteiger partial charge is 0.459 e. The van der Waals surface area contributed by atoms with Crippen molar-refractivity contribution in [2.24, 2.45) is 0 Å². The van der Waals surface area contributed by atoms with Crippen LogP contribution in [0.1, 0.15) is 0 Å². The minimum absolute atomic E-state index is 0.305. The second-order valence-corrected chi connectivity index (χ2v) is 3.30. The first-order valence-corrected chi connectivity index (χ1v) is 4.82. The zero-order valence-electron chi connectivity index (χ0n) is 7.04. The van der Waals surface area contributed by atoms with E-state index < -0.39 is 0 Å². The molecule has 0 unspecified atom stereocenters. The van der Waals surface area contributed by atoms with E-state index in [1.165, 1.54) is 18.0 Å². The van der Waals surface area contributed by atoms with Gasteiger partial charge in [0, 0.05) is 0 Å². The first-order valence-electron chi connectivity index (χ1n) is 3.84. The summed E-state index contributed by atoms with van der Waals surface area (Å²) < 4.78 is 10.3. The molecule has 2 heterocycles. The molecule has 0 amide bonds. The number of hydrogen-bond acceptors (Lipinski definition) is 6. The van der Waals surface area contributed by atoms with E-state index in [1.54, 1.807) is 12.1 Å². The minimum Gasteiger partial charge on any atom is -0.459 e. The predicted molar refractivity (Wildman–Crippen MR) is 48.8 cm³/mol. The lowest BCUT2D eigenvalue weighted by atomic mass is 10.5. The van der Waals surface area contributed by atoms with Crippen LogP contribution in [-0.2, 0) is 4.79 Å². The standard InChI is InChI=1S/C8H6N2O3S/c11-3-5-14-8-10-9-7(13-8)6-2-1-4-12-6/h1-4H,5H2. The second kappa shape index (κ2) is 4.10. The summed E-state index contributed by atoms with van der Waals surface area (Å²) in [5.74, 6) is 1.15. The first-order chi connectivity index (χ1) is 6.90. The Kier molecular flexibility index (Phi) is 2.64. The van der Waals surface area contributed by atoms with Gasteiger partial charge in [-0.25, -0.2) is 0 Å². The monoisotopic (exact) mass is 210 g/mol. The van der Waals surface area contributed by atoms with E-state index in [0.29, 0.717) is 22.6 Å². The fourth-order valence-electron chi connectivity index (χ4n) is 0.873. The molecule has 14 heavy (non-hydrogen) atoms. The molecule has 0 aliphatic rings. The van der Waals surface area contributed by atoms with Crippen LogP contribution in [0, 0.1) is 0 Å². The fraction of sp³-hybridized carbons (Fsp3) is 0.125. The van der Waals surface area contributed by atoms with Gasteiger partial charge in [-0.15, -0.1) is 10.2 Å². The molecule has 72 valence electrons. The number of carbonyl (C=O) groups is 1. The van der Waals surface area contributed by atoms with Crippen LogP contribution in [0.3, 0.4) is 0 Å². The Balaban J connectivity index is 2.14. The van der Waals surface area contributed by atoms with Gasteiger partial charge in [0.25, 0.3) is 11.1 Å². The van der Waals surface area contributed by atoms with E-state index >= 15 is 0 Å². The topological polar surface area (TPSA) is 69.1 Å². The van der Waals surface area contributed by atoms with E-state index in [0.717, 1.165) is 6.29 Å². The summed E-state index contributed by atoms with van der Waals surface area (Å²) >= 11 is 1.19. The van der Waals surface area contributed by atoms with Gasteiger partial charge in [0.05, 0.1) is 12.0 Å². The third-order valence-corrected chi connectivity index (χ3v) is 2.13. The van der Waals surface area contributed by atoms with Crippen molar-refractivity contribution in [3.63, 3.8) is 0 Å². The Morgan fingerprint density at radius 3 is 3.14 bits per heavy atom. The quantitative estimate of drug-likeness (QED) is 0.564. The average Bonchev–Trinajstić information content (AvgIpc) is 2.85. The molecule has 0 fully saturated rings. The maximum Gasteiger partial charge on any atom is 0.284 e. The molecule has 6 heteroatoms. The summed E-state index contributed by atoms with van der Waals surface area (Å²) in [6.45, 7) is 0. The van der Waals surface area contributed by atoms with Gasteiger partial charge in [-0.2, -0.15) is 0 Å². The smallest absolute Gasteiger partial charge is 0.284 e. The molecule has 0 aromatic carbocycles. The van der Waals surface area contributed by atoms with Gasteiger partial charge in [0.1, 0.15) is 6.29 Å². The summed E-state index contributed by atoms with van der Waals surface area (Å²) in [4.78, 5) is 10.1. The lowest BCUT2D eigenvalue weighted by molar-refractivity contribution is -0.105. The molecule has 2 aromatic rings. The zero-order valence-corrected chi connectivity index (χ0v) is 7.86. The molecule has 0 saturated carbocycles. The molecule has 0 saturated heterocycles. The molecule has 0 bridgehead atoms. The maximum atomic E-state index is 10.1. The van der Waals surface area contributed by atoms with Crippen LogP contribution in [0.25, 0.3) is 11.7 Å². The second-order valence-electron chi connectivity index (χ2n) is 2.33. The predicted octanol–water partition coefficient (Wildman–Crippen LogP) is 1.62. The third kappa shape index (κ3) is 1.85. The maximum absolute atomic E-state index is 10.1. The highest BCUT2D eigenvalue weighted by atomic mass is 32.2. The van der Waals surface area contributed by atoms with E-state index in [2.05, 4.69) is 10.2 Å². The SMILES string of the molecule is O=CCSc1nnc(-c2ccco2)o1. The van der Waals surface area contributed by atoms with Crippen molar-refractivity contribution in [2.75, 3.05) is 5.75 Å². The van der Waals surface area contributed by atoms with Crippen molar-refractivity contribution in [3.8, 4) is 11.7 Å². The highest BCUT2D eigenvalue weighted by molar-refractivity contribution is 7.99. The molecule has 0 aliphatic carbocycles. The zero-order chi connectivity index (χ0) is 9.80. The van der Waals surface area contributed by atoms with Crippen molar-refractivity contribution < 1.29 is 13.6 Å². The number of aromatic nitrogens is 2. The Hall–Kier alpha value is -1.56. The number of aldehydes is 1. The van der Waals surface area contributed by atoms with Crippen LogP contribution >= 0.6 is 11.8 Å². The molecule has 0 atom stereocenters. The van der Waals surface area contributed by atoms with Gasteiger partial charge >= 0.3 is 0 Å². The molecule has 0 aliphatic heterocycles. The summed E-state index contributed by atoms with van der Waals surface area (Å²) in [6, 6.07) is 3.46. The Labute approximate surface area is 83.5 Å². The summed E-state index contributed by atoms with van der Waals surface area (Å²) in [5, 5.41) is 7.87. The molecule has 0 spiro atoms. The third-order valence-electron chi connectivity index (χ3n) is 1.41. The van der Waals surface area contributed by atoms with Crippen LogP contribution in [-0.4, -0.2) is 22.2 Å². The van der Waals surface area contributed by atoms with Gasteiger partial charge in [0.15, 0.2) is 5.76 Å². The van der Waals surface area contributed by atoms with Crippen molar-refractivity contribution in [3.05, 3.63) is 18.4 Å². The Morgan fingerprint density at radius 1 is 1.50 bits per heavy atom. The highest BCUT2D eigenvalue weighted by Gasteiger charge is 2.10. The molecular weight excluding hydrogens is 204 g/mol. The lowest BCUT2D eigenvalue weighted by Crippen LogP contribution is -1.78. The number of furan rings is 1. The highest BCUT2D eigenvalue weighted by Crippen LogP contribution is 2.22. The van der Waals surface area contributed by atoms with Gasteiger partial charge in [-0.05, 0) is 12.1 Å². The molecule has 2 rings (SSSR count). The van der Waals surface area contributed by atoms with Crippen LogP contribution < -0.4 is 0 Å². The molecule has 0 radical (unpaired) electrons. The van der Waals surface area contributed by atoms with Crippen LogP contribution in [0.2, 0.25) is 0 Å². The van der Waals surface area contributed by atoms with Crippen molar-refractivity contribution in [2.45, 2.75) is 5.22 Å². The lowest BCUT2D eigenvalue weighted by Gasteiger charge is -1.86. The van der Waals surface area contributed by atoms with Crippen LogP contribution in [0.5, 0.6) is 0 Å². The van der Waals surface area contributed by atoms with E-state index in [-0.39, 0.29) is 0 Å². The van der Waals surface area contributed by atoms with Crippen LogP contribution in [0.15, 0.2) is 32.5 Å². The molecule has 2 aromatic heterocycles. The van der Waals surface area contributed by atoms with Gasteiger partial charge in [-0.1, -0.05) is 11.8 Å². The minimum atomic E-state index is 0.305. The van der Waals surface area contributed by atoms with Gasteiger partial charge in [-0.3, -0.25) is 0 Å².